The van der Waals surface area contributed by atoms with Crippen molar-refractivity contribution in [3.63, 3.8) is 0 Å². The van der Waals surface area contributed by atoms with Gasteiger partial charge in [0.15, 0.2) is 0 Å². The van der Waals surface area contributed by atoms with E-state index in [4.69, 9.17) is 0 Å². The summed E-state index contributed by atoms with van der Waals surface area (Å²) >= 11 is 0. The van der Waals surface area contributed by atoms with E-state index in [2.05, 4.69) is 17.2 Å². The van der Waals surface area contributed by atoms with E-state index in [1.807, 2.05) is 18.2 Å². The van der Waals surface area contributed by atoms with Crippen LogP contribution in [0.25, 0.3) is 10.9 Å². The van der Waals surface area contributed by atoms with Crippen LogP contribution >= 0.6 is 0 Å². The summed E-state index contributed by atoms with van der Waals surface area (Å²) in [6.07, 6.45) is 1.91. The molecular formula is C16H18N2O2. The van der Waals surface area contributed by atoms with E-state index >= 15 is 0 Å². The molecule has 2 aromatic rings. The maximum absolute atomic E-state index is 11.5. The zero-order valence-electron chi connectivity index (χ0n) is 11.5. The summed E-state index contributed by atoms with van der Waals surface area (Å²) in [6.45, 7) is 3.92. The van der Waals surface area contributed by atoms with Crippen molar-refractivity contribution in [1.29, 1.82) is 0 Å². The number of aromatic carboxylic acids is 1. The lowest BCUT2D eigenvalue weighted by Gasteiger charge is -2.12. The fourth-order valence-corrected chi connectivity index (χ4v) is 2.81. The molecule has 4 nitrogen and oxygen atoms in total. The summed E-state index contributed by atoms with van der Waals surface area (Å²) in [6, 6.07) is 7.66. The molecule has 1 aliphatic rings. The highest BCUT2D eigenvalue weighted by molar-refractivity contribution is 6.02. The standard InChI is InChI=1S/C16H18N2O2/c1-2-10-3-4-14-12(7-10)13(16(19)20)8-15(18-14)11-5-6-17-9-11/h3-4,7-8,11,17H,2,5-6,9H2,1H3,(H,19,20). The van der Waals surface area contributed by atoms with Crippen LogP contribution in [0, 0.1) is 0 Å². The smallest absolute Gasteiger partial charge is 0.336 e. The Morgan fingerprint density at radius 3 is 2.95 bits per heavy atom. The van der Waals surface area contributed by atoms with Gasteiger partial charge in [-0.15, -0.1) is 0 Å². The lowest BCUT2D eigenvalue weighted by Crippen LogP contribution is -2.10. The predicted octanol–water partition coefficient (Wildman–Crippen LogP) is 2.57. The van der Waals surface area contributed by atoms with Crippen LogP contribution in [0.4, 0.5) is 0 Å². The minimum Gasteiger partial charge on any atom is -0.478 e. The molecule has 1 aromatic carbocycles. The normalized spacial score (nSPS) is 18.6. The van der Waals surface area contributed by atoms with Crippen molar-refractivity contribution in [2.75, 3.05) is 13.1 Å². The van der Waals surface area contributed by atoms with Crippen LogP contribution in [0.15, 0.2) is 24.3 Å². The van der Waals surface area contributed by atoms with E-state index in [1.54, 1.807) is 6.07 Å². The molecule has 3 rings (SSSR count). The highest BCUT2D eigenvalue weighted by Gasteiger charge is 2.21. The van der Waals surface area contributed by atoms with Crippen LogP contribution in [0.1, 0.15) is 40.9 Å². The zero-order valence-corrected chi connectivity index (χ0v) is 11.5. The Morgan fingerprint density at radius 1 is 1.45 bits per heavy atom. The van der Waals surface area contributed by atoms with Crippen LogP contribution in [0.5, 0.6) is 0 Å². The van der Waals surface area contributed by atoms with Gasteiger partial charge in [-0.25, -0.2) is 4.79 Å². The Hall–Kier alpha value is -1.94. The van der Waals surface area contributed by atoms with Gasteiger partial charge in [0, 0.05) is 23.5 Å². The molecule has 0 bridgehead atoms. The molecule has 20 heavy (non-hydrogen) atoms. The minimum absolute atomic E-state index is 0.323. The number of nitrogens with one attached hydrogen (secondary N) is 1. The van der Waals surface area contributed by atoms with Crippen molar-refractivity contribution in [2.24, 2.45) is 0 Å². The molecule has 1 unspecified atom stereocenters. The van der Waals surface area contributed by atoms with Gasteiger partial charge in [0.05, 0.1) is 11.1 Å². The highest BCUT2D eigenvalue weighted by Crippen LogP contribution is 2.27. The Morgan fingerprint density at radius 2 is 2.30 bits per heavy atom. The molecule has 0 aliphatic carbocycles. The topological polar surface area (TPSA) is 62.2 Å². The number of hydrogen-bond donors (Lipinski definition) is 2. The largest absolute Gasteiger partial charge is 0.478 e. The van der Waals surface area contributed by atoms with Crippen molar-refractivity contribution in [3.8, 4) is 0 Å². The Labute approximate surface area is 117 Å². The van der Waals surface area contributed by atoms with E-state index in [1.165, 1.54) is 0 Å². The first-order chi connectivity index (χ1) is 9.69. The van der Waals surface area contributed by atoms with Gasteiger partial charge in [-0.1, -0.05) is 13.0 Å². The molecule has 2 heterocycles. The molecular weight excluding hydrogens is 252 g/mol. The first-order valence-corrected chi connectivity index (χ1v) is 7.06. The number of pyridine rings is 1. The first kappa shape index (κ1) is 13.1. The number of aromatic nitrogens is 1. The number of fused-ring (bicyclic) bond motifs is 1. The molecule has 0 amide bonds. The molecule has 0 saturated carbocycles. The van der Waals surface area contributed by atoms with E-state index < -0.39 is 5.97 Å². The zero-order chi connectivity index (χ0) is 14.1. The molecule has 4 heteroatoms. The fourth-order valence-electron chi connectivity index (χ4n) is 2.81. The third-order valence-electron chi connectivity index (χ3n) is 4.01. The van der Waals surface area contributed by atoms with Gasteiger partial charge in [-0.2, -0.15) is 0 Å². The first-order valence-electron chi connectivity index (χ1n) is 7.06. The molecule has 0 radical (unpaired) electrons. The van der Waals surface area contributed by atoms with Gasteiger partial charge in [0.1, 0.15) is 0 Å². The average molecular weight is 270 g/mol. The summed E-state index contributed by atoms with van der Waals surface area (Å²) in [7, 11) is 0. The van der Waals surface area contributed by atoms with Crippen LogP contribution < -0.4 is 5.32 Å². The van der Waals surface area contributed by atoms with Crippen molar-refractivity contribution >= 4 is 16.9 Å². The van der Waals surface area contributed by atoms with Gasteiger partial charge in [0.25, 0.3) is 0 Å². The van der Waals surface area contributed by atoms with Gasteiger partial charge in [0.2, 0.25) is 0 Å². The third-order valence-corrected chi connectivity index (χ3v) is 4.01. The van der Waals surface area contributed by atoms with Crippen LogP contribution in [-0.4, -0.2) is 29.1 Å². The number of aryl methyl sites for hydroxylation is 1. The lowest BCUT2D eigenvalue weighted by atomic mass is 9.98. The van der Waals surface area contributed by atoms with Gasteiger partial charge in [-0.3, -0.25) is 4.98 Å². The molecule has 1 atom stereocenters. The van der Waals surface area contributed by atoms with E-state index in [-0.39, 0.29) is 0 Å². The number of benzene rings is 1. The molecule has 1 saturated heterocycles. The van der Waals surface area contributed by atoms with Crippen molar-refractivity contribution < 1.29 is 9.90 Å². The number of rotatable bonds is 3. The Kier molecular flexibility index (Phi) is 3.40. The fraction of sp³-hybridized carbons (Fsp3) is 0.375. The minimum atomic E-state index is -0.877. The molecule has 2 N–H and O–H groups in total. The monoisotopic (exact) mass is 270 g/mol. The Balaban J connectivity index is 2.18. The number of carboxylic acid groups (broad SMARTS) is 1. The summed E-state index contributed by atoms with van der Waals surface area (Å²) in [5.41, 5.74) is 3.18. The second-order valence-corrected chi connectivity index (χ2v) is 5.29. The summed E-state index contributed by atoms with van der Waals surface area (Å²) in [4.78, 5) is 16.2. The molecule has 0 spiro atoms. The van der Waals surface area contributed by atoms with Gasteiger partial charge >= 0.3 is 5.97 Å². The maximum atomic E-state index is 11.5. The number of hydrogen-bond acceptors (Lipinski definition) is 3. The molecule has 104 valence electrons. The van der Waals surface area contributed by atoms with Gasteiger partial charge < -0.3 is 10.4 Å². The lowest BCUT2D eigenvalue weighted by molar-refractivity contribution is 0.0699. The Bertz CT molecular complexity index is 661. The summed E-state index contributed by atoms with van der Waals surface area (Å²) < 4.78 is 0. The number of carboxylic acids is 1. The van der Waals surface area contributed by atoms with E-state index in [9.17, 15) is 9.90 Å². The molecule has 1 aliphatic heterocycles. The molecule has 1 fully saturated rings. The van der Waals surface area contributed by atoms with Crippen LogP contribution in [0.3, 0.4) is 0 Å². The van der Waals surface area contributed by atoms with E-state index in [0.717, 1.165) is 48.1 Å². The SMILES string of the molecule is CCc1ccc2nc(C3CCNC3)cc(C(=O)O)c2c1. The van der Waals surface area contributed by atoms with E-state index in [0.29, 0.717) is 11.5 Å². The predicted molar refractivity (Wildman–Crippen MR) is 78.3 cm³/mol. The maximum Gasteiger partial charge on any atom is 0.336 e. The number of carbonyl (C=O) groups is 1. The molecule has 1 aromatic heterocycles. The average Bonchev–Trinajstić information content (AvgIpc) is 2.99. The quantitative estimate of drug-likeness (QED) is 0.900. The van der Waals surface area contributed by atoms with Crippen molar-refractivity contribution in [1.82, 2.24) is 10.3 Å². The third kappa shape index (κ3) is 2.27. The van der Waals surface area contributed by atoms with Crippen molar-refractivity contribution in [2.45, 2.75) is 25.7 Å². The van der Waals surface area contributed by atoms with Crippen LogP contribution in [-0.2, 0) is 6.42 Å². The summed E-state index contributed by atoms with van der Waals surface area (Å²) in [5, 5.41) is 13.5. The van der Waals surface area contributed by atoms with Crippen LogP contribution in [0.2, 0.25) is 0 Å². The summed E-state index contributed by atoms with van der Waals surface area (Å²) in [5.74, 6) is -0.554. The van der Waals surface area contributed by atoms with Crippen molar-refractivity contribution in [3.05, 3.63) is 41.1 Å². The number of nitrogens with zero attached hydrogens (tertiary/aromatic N) is 1. The highest BCUT2D eigenvalue weighted by atomic mass is 16.4. The second kappa shape index (κ2) is 5.21. The van der Waals surface area contributed by atoms with Gasteiger partial charge in [-0.05, 0) is 43.1 Å². The second-order valence-electron chi connectivity index (χ2n) is 5.29.